The monoisotopic (exact) mass is 291 g/mol. The first-order chi connectivity index (χ1) is 9.86. The molecule has 6 heteroatoms. The second-order valence-electron chi connectivity index (χ2n) is 5.69. The number of aliphatic carboxylic acids is 1. The number of anilines is 2. The molecule has 0 unspecified atom stereocenters. The second kappa shape index (κ2) is 6.03. The third-order valence-electron chi connectivity index (χ3n) is 3.65. The third-order valence-corrected chi connectivity index (χ3v) is 3.65. The number of carboxylic acids is 1. The van der Waals surface area contributed by atoms with E-state index in [1.165, 1.54) is 0 Å². The van der Waals surface area contributed by atoms with Crippen molar-refractivity contribution in [3.05, 3.63) is 23.8 Å². The van der Waals surface area contributed by atoms with Crippen LogP contribution in [0.4, 0.5) is 16.2 Å². The molecule has 1 heterocycles. The van der Waals surface area contributed by atoms with Gasteiger partial charge in [-0.25, -0.2) is 4.79 Å². The fraction of sp³-hybridized carbons (Fsp3) is 0.467. The van der Waals surface area contributed by atoms with Crippen molar-refractivity contribution in [1.29, 1.82) is 0 Å². The average molecular weight is 291 g/mol. The highest BCUT2D eigenvalue weighted by atomic mass is 16.4. The molecule has 0 aromatic heterocycles. The predicted octanol–water partition coefficient (Wildman–Crippen LogP) is 2.00. The minimum atomic E-state index is -0.811. The van der Waals surface area contributed by atoms with Crippen LogP contribution in [0.15, 0.2) is 18.2 Å². The molecular formula is C15H21N3O3. The fourth-order valence-corrected chi connectivity index (χ4v) is 2.48. The van der Waals surface area contributed by atoms with Crippen LogP contribution in [0.1, 0.15) is 12.0 Å². The van der Waals surface area contributed by atoms with Gasteiger partial charge in [0.15, 0.2) is 0 Å². The van der Waals surface area contributed by atoms with E-state index in [-0.39, 0.29) is 18.4 Å². The van der Waals surface area contributed by atoms with Crippen LogP contribution in [-0.4, -0.2) is 49.2 Å². The van der Waals surface area contributed by atoms with Crippen molar-refractivity contribution in [3.63, 3.8) is 0 Å². The summed E-state index contributed by atoms with van der Waals surface area (Å²) in [5.41, 5.74) is 2.94. The first kappa shape index (κ1) is 15.2. The van der Waals surface area contributed by atoms with Gasteiger partial charge in [0.2, 0.25) is 0 Å². The van der Waals surface area contributed by atoms with Crippen LogP contribution in [0.3, 0.4) is 0 Å². The number of likely N-dealkylation sites (tertiary alicyclic amines) is 1. The number of hydrogen-bond acceptors (Lipinski definition) is 3. The number of nitrogens with one attached hydrogen (secondary N) is 1. The number of hydrogen-bond donors (Lipinski definition) is 2. The van der Waals surface area contributed by atoms with Crippen LogP contribution in [0.5, 0.6) is 0 Å². The molecule has 2 rings (SSSR count). The lowest BCUT2D eigenvalue weighted by Gasteiger charge is -2.38. The van der Waals surface area contributed by atoms with Crippen molar-refractivity contribution in [2.24, 2.45) is 5.92 Å². The molecule has 0 saturated carbocycles. The molecule has 1 fully saturated rings. The van der Waals surface area contributed by atoms with Gasteiger partial charge in [0.25, 0.3) is 0 Å². The lowest BCUT2D eigenvalue weighted by Crippen LogP contribution is -2.52. The molecule has 21 heavy (non-hydrogen) atoms. The van der Waals surface area contributed by atoms with E-state index in [1.807, 2.05) is 44.1 Å². The molecule has 1 aliphatic heterocycles. The number of nitrogens with zero attached hydrogens (tertiary/aromatic N) is 2. The minimum absolute atomic E-state index is 0.0728. The molecule has 1 aromatic carbocycles. The molecule has 1 saturated heterocycles. The van der Waals surface area contributed by atoms with E-state index in [9.17, 15) is 9.59 Å². The van der Waals surface area contributed by atoms with E-state index >= 15 is 0 Å². The third kappa shape index (κ3) is 3.65. The Morgan fingerprint density at radius 3 is 2.62 bits per heavy atom. The summed E-state index contributed by atoms with van der Waals surface area (Å²) in [6, 6.07) is 5.59. The Balaban J connectivity index is 1.92. The summed E-state index contributed by atoms with van der Waals surface area (Å²) in [4.78, 5) is 26.3. The number of benzene rings is 1. The normalized spacial score (nSPS) is 14.5. The van der Waals surface area contributed by atoms with Crippen molar-refractivity contribution >= 4 is 23.4 Å². The van der Waals surface area contributed by atoms with Gasteiger partial charge in [0.1, 0.15) is 0 Å². The van der Waals surface area contributed by atoms with Gasteiger partial charge in [-0.3, -0.25) is 4.79 Å². The Morgan fingerprint density at radius 2 is 2.05 bits per heavy atom. The summed E-state index contributed by atoms with van der Waals surface area (Å²) in [6.07, 6.45) is 0.124. The molecule has 2 N–H and O–H groups in total. The van der Waals surface area contributed by atoms with Crippen molar-refractivity contribution in [2.45, 2.75) is 13.3 Å². The lowest BCUT2D eigenvalue weighted by atomic mass is 9.97. The van der Waals surface area contributed by atoms with Gasteiger partial charge in [-0.1, -0.05) is 6.07 Å². The molecule has 0 bridgehead atoms. The second-order valence-corrected chi connectivity index (χ2v) is 5.69. The molecule has 1 aliphatic rings. The fourth-order valence-electron chi connectivity index (χ4n) is 2.48. The molecule has 0 aliphatic carbocycles. The van der Waals surface area contributed by atoms with E-state index in [1.54, 1.807) is 4.90 Å². The number of carboxylic acid groups (broad SMARTS) is 1. The summed E-state index contributed by atoms with van der Waals surface area (Å²) in [6.45, 7) is 3.03. The largest absolute Gasteiger partial charge is 0.481 e. The highest BCUT2D eigenvalue weighted by Gasteiger charge is 2.32. The molecular weight excluding hydrogens is 270 g/mol. The maximum atomic E-state index is 12.0. The van der Waals surface area contributed by atoms with Crippen molar-refractivity contribution in [2.75, 3.05) is 37.4 Å². The summed E-state index contributed by atoms with van der Waals surface area (Å²) in [5.74, 6) is -0.738. The van der Waals surface area contributed by atoms with Crippen LogP contribution in [0, 0.1) is 12.8 Å². The van der Waals surface area contributed by atoms with Crippen LogP contribution < -0.4 is 10.2 Å². The SMILES string of the molecule is Cc1ccc(NC(=O)N2CC(CC(=O)O)C2)cc1N(C)C. The highest BCUT2D eigenvalue weighted by Crippen LogP contribution is 2.24. The quantitative estimate of drug-likeness (QED) is 0.890. The van der Waals surface area contributed by atoms with E-state index < -0.39 is 5.97 Å². The van der Waals surface area contributed by atoms with Gasteiger partial charge in [0.05, 0.1) is 6.42 Å². The summed E-state index contributed by atoms with van der Waals surface area (Å²) in [5, 5.41) is 11.5. The molecule has 0 spiro atoms. The van der Waals surface area contributed by atoms with E-state index in [4.69, 9.17) is 5.11 Å². The molecule has 114 valence electrons. The Bertz CT molecular complexity index is 551. The first-order valence-corrected chi connectivity index (χ1v) is 6.92. The van der Waals surface area contributed by atoms with Crippen LogP contribution in [0.2, 0.25) is 0 Å². The van der Waals surface area contributed by atoms with Crippen LogP contribution >= 0.6 is 0 Å². The van der Waals surface area contributed by atoms with E-state index in [2.05, 4.69) is 5.32 Å². The van der Waals surface area contributed by atoms with Crippen molar-refractivity contribution in [1.82, 2.24) is 4.90 Å². The predicted molar refractivity (Wildman–Crippen MR) is 81.8 cm³/mol. The molecule has 6 nitrogen and oxygen atoms in total. The number of amides is 2. The summed E-state index contributed by atoms with van der Waals surface area (Å²) < 4.78 is 0. The molecule has 1 aromatic rings. The average Bonchev–Trinajstić information content (AvgIpc) is 2.34. The molecule has 0 atom stereocenters. The maximum Gasteiger partial charge on any atom is 0.321 e. The number of rotatable bonds is 4. The van der Waals surface area contributed by atoms with Crippen LogP contribution in [-0.2, 0) is 4.79 Å². The van der Waals surface area contributed by atoms with E-state index in [0.29, 0.717) is 13.1 Å². The van der Waals surface area contributed by atoms with Gasteiger partial charge in [-0.2, -0.15) is 0 Å². The van der Waals surface area contributed by atoms with E-state index in [0.717, 1.165) is 16.9 Å². The summed E-state index contributed by atoms with van der Waals surface area (Å²) >= 11 is 0. The van der Waals surface area contributed by atoms with Gasteiger partial charge < -0.3 is 20.2 Å². The number of urea groups is 1. The van der Waals surface area contributed by atoms with Gasteiger partial charge >= 0.3 is 12.0 Å². The van der Waals surface area contributed by atoms with Gasteiger partial charge in [-0.15, -0.1) is 0 Å². The van der Waals surface area contributed by atoms with Crippen LogP contribution in [0.25, 0.3) is 0 Å². The Hall–Kier alpha value is -2.24. The number of carbonyl (C=O) groups is 2. The molecule has 0 radical (unpaired) electrons. The standard InChI is InChI=1S/C15H21N3O3/c1-10-4-5-12(7-13(10)17(2)3)16-15(21)18-8-11(9-18)6-14(19)20/h4-5,7,11H,6,8-9H2,1-3H3,(H,16,21)(H,19,20). The minimum Gasteiger partial charge on any atom is -0.481 e. The zero-order chi connectivity index (χ0) is 15.6. The van der Waals surface area contributed by atoms with Crippen molar-refractivity contribution in [3.8, 4) is 0 Å². The Labute approximate surface area is 124 Å². The zero-order valence-corrected chi connectivity index (χ0v) is 12.6. The topological polar surface area (TPSA) is 72.9 Å². The number of aryl methyl sites for hydroxylation is 1. The van der Waals surface area contributed by atoms with Crippen molar-refractivity contribution < 1.29 is 14.7 Å². The Kier molecular flexibility index (Phi) is 4.35. The Morgan fingerprint density at radius 1 is 1.38 bits per heavy atom. The summed E-state index contributed by atoms with van der Waals surface area (Å²) in [7, 11) is 3.92. The lowest BCUT2D eigenvalue weighted by molar-refractivity contribution is -0.139. The highest BCUT2D eigenvalue weighted by molar-refractivity contribution is 5.90. The number of carbonyl (C=O) groups excluding carboxylic acids is 1. The smallest absolute Gasteiger partial charge is 0.321 e. The zero-order valence-electron chi connectivity index (χ0n) is 12.6. The first-order valence-electron chi connectivity index (χ1n) is 6.92. The maximum absolute atomic E-state index is 12.0. The molecule has 2 amide bonds. The van der Waals surface area contributed by atoms with Gasteiger partial charge in [0, 0.05) is 44.5 Å². The van der Waals surface area contributed by atoms with Gasteiger partial charge in [-0.05, 0) is 24.6 Å².